The van der Waals surface area contributed by atoms with E-state index in [9.17, 15) is 10.1 Å². The van der Waals surface area contributed by atoms with Crippen molar-refractivity contribution in [3.63, 3.8) is 0 Å². The molecule has 2 rings (SSSR count). The highest BCUT2D eigenvalue weighted by molar-refractivity contribution is 5.47. The van der Waals surface area contributed by atoms with Gasteiger partial charge in [0.25, 0.3) is 0 Å². The van der Waals surface area contributed by atoms with Gasteiger partial charge in [-0.3, -0.25) is 15.0 Å². The van der Waals surface area contributed by atoms with Gasteiger partial charge in [-0.2, -0.15) is 4.98 Å². The zero-order chi connectivity index (χ0) is 15.2. The normalized spacial score (nSPS) is 11.2. The number of rotatable bonds is 8. The third kappa shape index (κ3) is 3.88. The summed E-state index contributed by atoms with van der Waals surface area (Å²) in [5, 5.41) is 14.4. The van der Waals surface area contributed by atoms with E-state index in [1.165, 1.54) is 12.1 Å². The Kier molecular flexibility index (Phi) is 5.04. The Balaban J connectivity index is 2.07. The molecule has 0 amide bonds. The molecule has 0 aromatic carbocycles. The van der Waals surface area contributed by atoms with E-state index in [-0.39, 0.29) is 17.5 Å². The minimum absolute atomic E-state index is 0.228. The summed E-state index contributed by atoms with van der Waals surface area (Å²) < 4.78 is 10.2. The zero-order valence-electron chi connectivity index (χ0n) is 12.1. The second kappa shape index (κ2) is 6.98. The van der Waals surface area contributed by atoms with Gasteiger partial charge in [0.2, 0.25) is 11.7 Å². The van der Waals surface area contributed by atoms with Crippen LogP contribution < -0.4 is 0 Å². The van der Waals surface area contributed by atoms with E-state index in [1.807, 2.05) is 0 Å². The van der Waals surface area contributed by atoms with Gasteiger partial charge < -0.3 is 8.94 Å². The predicted molar refractivity (Wildman–Crippen MR) is 74.5 cm³/mol. The molecule has 0 fully saturated rings. The largest absolute Gasteiger partial charge is 0.433 e. The van der Waals surface area contributed by atoms with Gasteiger partial charge in [0.1, 0.15) is 4.92 Å². The van der Waals surface area contributed by atoms with Crippen molar-refractivity contribution in [1.82, 2.24) is 15.0 Å². The van der Waals surface area contributed by atoms with Gasteiger partial charge in [-0.15, -0.1) is 0 Å². The smallest absolute Gasteiger partial charge is 0.397 e. The average Bonchev–Trinajstić information content (AvgIpc) is 3.07. The molecule has 0 aliphatic heterocycles. The molecule has 0 radical (unpaired) electrons. The molecule has 2 aromatic rings. The summed E-state index contributed by atoms with van der Waals surface area (Å²) in [7, 11) is 0. The SMILES string of the molecule is CCCN(CCC)Cc1nc(-c2ccc([N+](=O)[O-])o2)no1. The van der Waals surface area contributed by atoms with Crippen molar-refractivity contribution in [2.75, 3.05) is 13.1 Å². The van der Waals surface area contributed by atoms with Gasteiger partial charge in [0.05, 0.1) is 12.6 Å². The molecule has 0 aliphatic carbocycles. The van der Waals surface area contributed by atoms with Gasteiger partial charge in [0, 0.05) is 0 Å². The first-order valence-corrected chi connectivity index (χ1v) is 6.93. The molecule has 21 heavy (non-hydrogen) atoms. The molecule has 8 nitrogen and oxygen atoms in total. The lowest BCUT2D eigenvalue weighted by molar-refractivity contribution is -0.401. The van der Waals surface area contributed by atoms with Crippen molar-refractivity contribution in [1.29, 1.82) is 0 Å². The Hall–Kier alpha value is -2.22. The van der Waals surface area contributed by atoms with Crippen LogP contribution in [0, 0.1) is 10.1 Å². The lowest BCUT2D eigenvalue weighted by atomic mass is 10.3. The number of aromatic nitrogens is 2. The molecule has 0 unspecified atom stereocenters. The van der Waals surface area contributed by atoms with E-state index in [4.69, 9.17) is 8.94 Å². The summed E-state index contributed by atoms with van der Waals surface area (Å²) in [5.41, 5.74) is 0. The molecule has 2 heterocycles. The van der Waals surface area contributed by atoms with Gasteiger partial charge in [-0.05, 0) is 32.0 Å². The predicted octanol–water partition coefficient (Wildman–Crippen LogP) is 2.86. The Morgan fingerprint density at radius 1 is 1.29 bits per heavy atom. The third-order valence-electron chi connectivity index (χ3n) is 2.90. The number of nitrogens with zero attached hydrogens (tertiary/aromatic N) is 4. The molecule has 114 valence electrons. The van der Waals surface area contributed by atoms with Gasteiger partial charge in [-0.25, -0.2) is 0 Å². The summed E-state index contributed by atoms with van der Waals surface area (Å²) in [6, 6.07) is 2.73. The minimum atomic E-state index is -0.602. The van der Waals surface area contributed by atoms with Crippen LogP contribution in [0.3, 0.4) is 0 Å². The van der Waals surface area contributed by atoms with Crippen LogP contribution in [0.15, 0.2) is 21.1 Å². The van der Waals surface area contributed by atoms with Crippen LogP contribution in [0.4, 0.5) is 5.88 Å². The highest BCUT2D eigenvalue weighted by Crippen LogP contribution is 2.23. The maximum atomic E-state index is 10.6. The van der Waals surface area contributed by atoms with Crippen molar-refractivity contribution in [3.05, 3.63) is 28.1 Å². The zero-order valence-corrected chi connectivity index (χ0v) is 12.1. The first-order valence-electron chi connectivity index (χ1n) is 6.93. The Bertz CT molecular complexity index is 587. The molecule has 8 heteroatoms. The van der Waals surface area contributed by atoms with E-state index in [0.29, 0.717) is 12.4 Å². The van der Waals surface area contributed by atoms with Crippen molar-refractivity contribution in [3.8, 4) is 11.6 Å². The molecule has 0 bridgehead atoms. The van der Waals surface area contributed by atoms with Crippen LogP contribution >= 0.6 is 0 Å². The van der Waals surface area contributed by atoms with Crippen LogP contribution in [-0.4, -0.2) is 33.1 Å². The number of furan rings is 1. The summed E-state index contributed by atoms with van der Waals surface area (Å²) in [6.07, 6.45) is 2.09. The Morgan fingerprint density at radius 2 is 2.00 bits per heavy atom. The fourth-order valence-corrected chi connectivity index (χ4v) is 2.06. The van der Waals surface area contributed by atoms with Crippen molar-refractivity contribution in [2.45, 2.75) is 33.2 Å². The van der Waals surface area contributed by atoms with Crippen LogP contribution in [0.25, 0.3) is 11.6 Å². The minimum Gasteiger partial charge on any atom is -0.397 e. The average molecular weight is 294 g/mol. The second-order valence-electron chi connectivity index (χ2n) is 4.68. The van der Waals surface area contributed by atoms with E-state index in [1.54, 1.807) is 0 Å². The Labute approximate surface area is 121 Å². The molecule has 0 N–H and O–H groups in total. The second-order valence-corrected chi connectivity index (χ2v) is 4.68. The van der Waals surface area contributed by atoms with E-state index in [0.717, 1.165) is 25.9 Å². The van der Waals surface area contributed by atoms with E-state index < -0.39 is 4.92 Å². The number of hydrogen-bond donors (Lipinski definition) is 0. The highest BCUT2D eigenvalue weighted by atomic mass is 16.6. The molecule has 0 saturated carbocycles. The quantitative estimate of drug-likeness (QED) is 0.545. The molecule has 0 spiro atoms. The molecule has 0 aliphatic rings. The van der Waals surface area contributed by atoms with E-state index >= 15 is 0 Å². The molecule has 0 saturated heterocycles. The fourth-order valence-electron chi connectivity index (χ4n) is 2.06. The number of hydrogen-bond acceptors (Lipinski definition) is 7. The topological polar surface area (TPSA) is 98.4 Å². The standard InChI is InChI=1S/C13H18N4O4/c1-3-7-16(8-4-2)9-11-14-13(15-21-11)10-5-6-12(20-10)17(18)19/h5-6H,3-4,7-9H2,1-2H3. The first kappa shape index (κ1) is 15.2. The molecule has 0 atom stereocenters. The van der Waals surface area contributed by atoms with Crippen molar-refractivity contribution < 1.29 is 13.9 Å². The Morgan fingerprint density at radius 3 is 2.57 bits per heavy atom. The summed E-state index contributed by atoms with van der Waals surface area (Å²) in [5.74, 6) is 0.598. The van der Waals surface area contributed by atoms with Gasteiger partial charge in [0.15, 0.2) is 5.76 Å². The molecular formula is C13H18N4O4. The van der Waals surface area contributed by atoms with Crippen LogP contribution in [0.2, 0.25) is 0 Å². The van der Waals surface area contributed by atoms with Crippen molar-refractivity contribution in [2.24, 2.45) is 0 Å². The van der Waals surface area contributed by atoms with Gasteiger partial charge in [-0.1, -0.05) is 19.0 Å². The number of nitro groups is 1. The van der Waals surface area contributed by atoms with Crippen LogP contribution in [-0.2, 0) is 6.54 Å². The van der Waals surface area contributed by atoms with E-state index in [2.05, 4.69) is 28.9 Å². The summed E-state index contributed by atoms with van der Waals surface area (Å²) >= 11 is 0. The monoisotopic (exact) mass is 294 g/mol. The maximum absolute atomic E-state index is 10.6. The lowest BCUT2D eigenvalue weighted by Crippen LogP contribution is -2.25. The van der Waals surface area contributed by atoms with Gasteiger partial charge >= 0.3 is 5.88 Å². The summed E-state index contributed by atoms with van der Waals surface area (Å²) in [6.45, 7) is 6.71. The summed E-state index contributed by atoms with van der Waals surface area (Å²) in [4.78, 5) is 16.4. The molecular weight excluding hydrogens is 276 g/mol. The van der Waals surface area contributed by atoms with Crippen LogP contribution in [0.5, 0.6) is 0 Å². The molecule has 2 aromatic heterocycles. The highest BCUT2D eigenvalue weighted by Gasteiger charge is 2.18. The van der Waals surface area contributed by atoms with Crippen LogP contribution in [0.1, 0.15) is 32.6 Å². The maximum Gasteiger partial charge on any atom is 0.433 e. The van der Waals surface area contributed by atoms with Crippen molar-refractivity contribution >= 4 is 5.88 Å². The first-order chi connectivity index (χ1) is 10.1. The fraction of sp³-hybridized carbons (Fsp3) is 0.538. The lowest BCUT2D eigenvalue weighted by Gasteiger charge is -2.18. The third-order valence-corrected chi connectivity index (χ3v) is 2.90.